The molecule has 3 saturated heterocycles. The number of anilines is 3. The zero-order valence-electron chi connectivity index (χ0n) is 27.3. The summed E-state index contributed by atoms with van der Waals surface area (Å²) in [5.41, 5.74) is 3.41. The molecule has 2 aromatic carbocycles. The van der Waals surface area contributed by atoms with Gasteiger partial charge in [-0.05, 0) is 55.9 Å². The van der Waals surface area contributed by atoms with Crippen LogP contribution in [0.3, 0.4) is 0 Å². The summed E-state index contributed by atoms with van der Waals surface area (Å²) in [5, 5.41) is 9.43. The van der Waals surface area contributed by atoms with Gasteiger partial charge in [0.05, 0.1) is 15.8 Å². The molecule has 260 valence electrons. The number of carbonyl (C=O) groups excluding carboxylic acids is 1. The fraction of sp³-hybridized carbons (Fsp3) is 0.429. The van der Waals surface area contributed by atoms with Crippen LogP contribution in [0.1, 0.15) is 37.8 Å². The van der Waals surface area contributed by atoms with E-state index in [0.29, 0.717) is 29.8 Å². The Kier molecular flexibility index (Phi) is 7.33. The van der Waals surface area contributed by atoms with Crippen molar-refractivity contribution in [3.8, 4) is 17.2 Å². The maximum Gasteiger partial charge on any atom is 0.417 e. The lowest BCUT2D eigenvalue weighted by Crippen LogP contribution is -2.66. The Morgan fingerprint density at radius 2 is 1.84 bits per heavy atom. The molecule has 8 rings (SSSR count). The largest absolute Gasteiger partial charge is 0.417 e. The average Bonchev–Trinajstić information content (AvgIpc) is 3.76. The Morgan fingerprint density at radius 1 is 1.12 bits per heavy atom. The number of rotatable bonds is 5. The highest BCUT2D eigenvalue weighted by molar-refractivity contribution is 7.23. The first-order chi connectivity index (χ1) is 23.7. The number of piperazine rings is 1. The number of benzene rings is 2. The molecule has 4 aliphatic rings. The molecular formula is C35H33F5N8OS. The number of halogens is 5. The third-order valence-corrected chi connectivity index (χ3v) is 11.8. The van der Waals surface area contributed by atoms with E-state index < -0.39 is 35.0 Å². The van der Waals surface area contributed by atoms with E-state index in [0.717, 1.165) is 31.3 Å². The number of fused-ring (bicyclic) bond motifs is 2. The summed E-state index contributed by atoms with van der Waals surface area (Å²) in [6.07, 6.45) is -1.35. The lowest BCUT2D eigenvalue weighted by molar-refractivity contribution is -0.137. The first-order valence-electron chi connectivity index (χ1n) is 16.4. The third kappa shape index (κ3) is 4.98. The van der Waals surface area contributed by atoms with Gasteiger partial charge in [-0.1, -0.05) is 12.6 Å². The number of aromatic nitrogens is 2. The van der Waals surface area contributed by atoms with Gasteiger partial charge in [-0.15, -0.1) is 11.3 Å². The summed E-state index contributed by atoms with van der Waals surface area (Å²) in [6, 6.07) is 4.21. The molecule has 1 spiro atoms. The average molecular weight is 709 g/mol. The number of hydrogen-bond acceptors (Lipinski definition) is 9. The van der Waals surface area contributed by atoms with Crippen LogP contribution >= 0.6 is 11.3 Å². The molecule has 4 fully saturated rings. The van der Waals surface area contributed by atoms with Gasteiger partial charge in [0.2, 0.25) is 11.9 Å². The fourth-order valence-electron chi connectivity index (χ4n) is 7.82. The molecule has 2 aromatic heterocycles. The molecule has 4 aromatic rings. The SMILES string of the molecule is C=CC(=O)N1CC(C)N(c2nc(N3CC(N4CC5(CC5)C4)C3)nc3c(F)c(-c4ccc(F)c5sc(N)c(C#N)c45)c(C(F)(F)F)cc23)CC1C. The van der Waals surface area contributed by atoms with Gasteiger partial charge in [-0.2, -0.15) is 23.4 Å². The van der Waals surface area contributed by atoms with Crippen molar-refractivity contribution < 1.29 is 26.7 Å². The predicted molar refractivity (Wildman–Crippen MR) is 182 cm³/mol. The molecule has 0 bridgehead atoms. The van der Waals surface area contributed by atoms with Crippen LogP contribution < -0.4 is 15.5 Å². The Morgan fingerprint density at radius 3 is 2.48 bits per heavy atom. The first kappa shape index (κ1) is 32.6. The smallest absolute Gasteiger partial charge is 0.389 e. The molecule has 3 aliphatic heterocycles. The van der Waals surface area contributed by atoms with E-state index in [9.17, 15) is 14.4 Å². The van der Waals surface area contributed by atoms with Crippen molar-refractivity contribution in [3.05, 3.63) is 53.6 Å². The van der Waals surface area contributed by atoms with E-state index in [1.54, 1.807) is 9.80 Å². The van der Waals surface area contributed by atoms with Crippen molar-refractivity contribution in [3.63, 3.8) is 0 Å². The van der Waals surface area contributed by atoms with Gasteiger partial charge < -0.3 is 20.4 Å². The van der Waals surface area contributed by atoms with Gasteiger partial charge >= 0.3 is 6.18 Å². The molecule has 0 radical (unpaired) electrons. The maximum absolute atomic E-state index is 17.2. The van der Waals surface area contributed by atoms with Crippen LogP contribution in [0.25, 0.3) is 32.1 Å². The maximum atomic E-state index is 17.2. The molecule has 2 unspecified atom stereocenters. The summed E-state index contributed by atoms with van der Waals surface area (Å²) in [5.74, 6) is -2.02. The van der Waals surface area contributed by atoms with Gasteiger partial charge in [-0.3, -0.25) is 9.69 Å². The third-order valence-electron chi connectivity index (χ3n) is 10.8. The molecule has 1 saturated carbocycles. The number of nitriles is 1. The summed E-state index contributed by atoms with van der Waals surface area (Å²) >= 11 is 0.716. The summed E-state index contributed by atoms with van der Waals surface area (Å²) in [4.78, 5) is 29.7. The molecule has 2 atom stereocenters. The fourth-order valence-corrected chi connectivity index (χ4v) is 8.77. The van der Waals surface area contributed by atoms with E-state index in [1.165, 1.54) is 18.9 Å². The monoisotopic (exact) mass is 708 g/mol. The number of amides is 1. The number of thiophene rings is 1. The van der Waals surface area contributed by atoms with Crippen LogP contribution in [0, 0.1) is 28.4 Å². The topological polar surface area (TPSA) is 106 Å². The molecular weight excluding hydrogens is 675 g/mol. The molecule has 2 N–H and O–H groups in total. The normalized spacial score (nSPS) is 22.2. The standard InChI is InChI=1S/C35H33F5N8OS/c1-4-25(49)47-11-18(3)48(12-17(47)2)32-21-9-23(35(38,39)40)27(20-5-6-24(36)30-26(20)22(10-41)31(42)50-30)28(37)29(21)43-33(44-32)45-13-19(14-45)46-15-34(16-46)7-8-34/h4-6,9,17-19H,1,7-8,11-16,42H2,2-3H3. The second-order valence-electron chi connectivity index (χ2n) is 14.1. The molecule has 5 heterocycles. The van der Waals surface area contributed by atoms with Gasteiger partial charge in [0, 0.05) is 73.7 Å². The molecule has 9 nitrogen and oxygen atoms in total. The number of nitrogens with zero attached hydrogens (tertiary/aromatic N) is 7. The molecule has 50 heavy (non-hydrogen) atoms. The number of carbonyl (C=O) groups is 1. The van der Waals surface area contributed by atoms with E-state index in [1.807, 2.05) is 24.8 Å². The van der Waals surface area contributed by atoms with E-state index in [2.05, 4.69) is 16.5 Å². The second-order valence-corrected chi connectivity index (χ2v) is 15.2. The minimum atomic E-state index is -5.07. The van der Waals surface area contributed by atoms with Crippen LogP contribution in [0.2, 0.25) is 0 Å². The van der Waals surface area contributed by atoms with Gasteiger partial charge in [-0.25, -0.2) is 13.8 Å². The van der Waals surface area contributed by atoms with Crippen LogP contribution in [0.4, 0.5) is 38.7 Å². The Labute approximate surface area is 288 Å². The van der Waals surface area contributed by atoms with E-state index >= 15 is 17.6 Å². The lowest BCUT2D eigenvalue weighted by Gasteiger charge is -2.52. The number of likely N-dealkylation sites (tertiary alicyclic amines) is 1. The quantitative estimate of drug-likeness (QED) is 0.194. The Bertz CT molecular complexity index is 2140. The lowest BCUT2D eigenvalue weighted by atomic mass is 9.92. The Balaban J connectivity index is 1.32. The highest BCUT2D eigenvalue weighted by atomic mass is 32.1. The second kappa shape index (κ2) is 11.2. The number of alkyl halides is 3. The van der Waals surface area contributed by atoms with Gasteiger partial charge in [0.1, 0.15) is 28.2 Å². The van der Waals surface area contributed by atoms with E-state index in [-0.39, 0.29) is 80.0 Å². The summed E-state index contributed by atoms with van der Waals surface area (Å²) in [7, 11) is 0. The van der Waals surface area contributed by atoms with Crippen molar-refractivity contribution in [1.82, 2.24) is 19.8 Å². The number of nitrogen functional groups attached to an aromatic ring is 1. The predicted octanol–water partition coefficient (Wildman–Crippen LogP) is 6.16. The van der Waals surface area contributed by atoms with Gasteiger partial charge in [0.15, 0.2) is 5.82 Å². The minimum absolute atomic E-state index is 0.0881. The van der Waals surface area contributed by atoms with Crippen molar-refractivity contribution >= 4 is 55.0 Å². The van der Waals surface area contributed by atoms with Crippen molar-refractivity contribution in [2.24, 2.45) is 5.41 Å². The van der Waals surface area contributed by atoms with E-state index in [4.69, 9.17) is 10.7 Å². The van der Waals surface area contributed by atoms with Crippen LogP contribution in [0.5, 0.6) is 0 Å². The molecule has 1 aliphatic carbocycles. The van der Waals surface area contributed by atoms with Crippen LogP contribution in [-0.4, -0.2) is 83.1 Å². The molecule has 15 heteroatoms. The van der Waals surface area contributed by atoms with Gasteiger partial charge in [0.25, 0.3) is 0 Å². The highest BCUT2D eigenvalue weighted by Gasteiger charge is 2.55. The van der Waals surface area contributed by atoms with Crippen molar-refractivity contribution in [2.45, 2.75) is 51.0 Å². The van der Waals surface area contributed by atoms with Crippen molar-refractivity contribution in [1.29, 1.82) is 5.26 Å². The van der Waals surface area contributed by atoms with Crippen LogP contribution in [-0.2, 0) is 11.0 Å². The van der Waals surface area contributed by atoms with Crippen molar-refractivity contribution in [2.75, 3.05) is 54.8 Å². The number of nitrogens with two attached hydrogens (primary N) is 1. The zero-order chi connectivity index (χ0) is 35.4. The Hall–Kier alpha value is -4.55. The highest BCUT2D eigenvalue weighted by Crippen LogP contribution is 2.54. The minimum Gasteiger partial charge on any atom is -0.389 e. The first-order valence-corrected chi connectivity index (χ1v) is 17.3. The van der Waals surface area contributed by atoms with Crippen LogP contribution in [0.15, 0.2) is 30.9 Å². The summed E-state index contributed by atoms with van der Waals surface area (Å²) in [6.45, 7) is 10.9. The summed E-state index contributed by atoms with van der Waals surface area (Å²) < 4.78 is 77.1. The molecule has 1 amide bonds. The zero-order valence-corrected chi connectivity index (χ0v) is 28.1. The number of hydrogen-bond donors (Lipinski definition) is 1.